The molecule has 0 aliphatic carbocycles. The van der Waals surface area contributed by atoms with E-state index >= 15 is 0 Å². The molecule has 96 valence electrons. The summed E-state index contributed by atoms with van der Waals surface area (Å²) in [4.78, 5) is 0. The SMILES string of the molecule is CCCCCCCNCc1ccccc1OC. The largest absolute Gasteiger partial charge is 0.496 e. The molecule has 0 aromatic heterocycles. The highest BCUT2D eigenvalue weighted by Crippen LogP contribution is 2.16. The molecule has 1 aromatic carbocycles. The van der Waals surface area contributed by atoms with Crippen LogP contribution in [0.3, 0.4) is 0 Å². The van der Waals surface area contributed by atoms with Gasteiger partial charge in [0.1, 0.15) is 5.75 Å². The first-order valence-electron chi connectivity index (χ1n) is 6.71. The van der Waals surface area contributed by atoms with Gasteiger partial charge < -0.3 is 10.1 Å². The lowest BCUT2D eigenvalue weighted by molar-refractivity contribution is 0.407. The highest BCUT2D eigenvalue weighted by atomic mass is 16.5. The van der Waals surface area contributed by atoms with Gasteiger partial charge >= 0.3 is 0 Å². The Morgan fingerprint density at radius 3 is 2.59 bits per heavy atom. The summed E-state index contributed by atoms with van der Waals surface area (Å²) in [6, 6.07) is 8.19. The average Bonchev–Trinajstić information content (AvgIpc) is 2.38. The van der Waals surface area contributed by atoms with E-state index in [1.165, 1.54) is 37.7 Å². The second-order valence-corrected chi connectivity index (χ2v) is 4.40. The van der Waals surface area contributed by atoms with Crippen LogP contribution in [0.4, 0.5) is 0 Å². The van der Waals surface area contributed by atoms with Crippen molar-refractivity contribution in [3.05, 3.63) is 29.8 Å². The van der Waals surface area contributed by atoms with Crippen molar-refractivity contribution in [3.63, 3.8) is 0 Å². The van der Waals surface area contributed by atoms with E-state index in [0.717, 1.165) is 18.8 Å². The number of rotatable bonds is 9. The molecule has 0 aliphatic rings. The highest BCUT2D eigenvalue weighted by molar-refractivity contribution is 5.32. The summed E-state index contributed by atoms with van der Waals surface area (Å²) in [6.45, 7) is 4.25. The van der Waals surface area contributed by atoms with E-state index in [0.29, 0.717) is 0 Å². The predicted octanol–water partition coefficient (Wildman–Crippen LogP) is 3.76. The molecular formula is C15H25NO. The van der Waals surface area contributed by atoms with Crippen LogP contribution in [-0.2, 0) is 6.54 Å². The second-order valence-electron chi connectivity index (χ2n) is 4.40. The molecule has 0 heterocycles. The van der Waals surface area contributed by atoms with Crippen LogP contribution in [0.5, 0.6) is 5.75 Å². The number of benzene rings is 1. The standard InChI is InChI=1S/C15H25NO/c1-3-4-5-6-9-12-16-13-14-10-7-8-11-15(14)17-2/h7-8,10-11,16H,3-6,9,12-13H2,1-2H3. The van der Waals surface area contributed by atoms with Gasteiger partial charge in [-0.2, -0.15) is 0 Å². The number of hydrogen-bond donors (Lipinski definition) is 1. The Hall–Kier alpha value is -1.02. The van der Waals surface area contributed by atoms with Crippen LogP contribution in [0, 0.1) is 0 Å². The Morgan fingerprint density at radius 2 is 1.82 bits per heavy atom. The molecule has 0 aliphatic heterocycles. The number of ether oxygens (including phenoxy) is 1. The molecule has 2 heteroatoms. The minimum absolute atomic E-state index is 0.901. The van der Waals surface area contributed by atoms with Gasteiger partial charge in [-0.1, -0.05) is 50.8 Å². The number of hydrogen-bond acceptors (Lipinski definition) is 2. The smallest absolute Gasteiger partial charge is 0.123 e. The van der Waals surface area contributed by atoms with Gasteiger partial charge in [-0.3, -0.25) is 0 Å². The first kappa shape index (κ1) is 14.0. The highest BCUT2D eigenvalue weighted by Gasteiger charge is 1.99. The summed E-state index contributed by atoms with van der Waals surface area (Å²) >= 11 is 0. The second kappa shape index (κ2) is 9.06. The van der Waals surface area contributed by atoms with Crippen molar-refractivity contribution in [2.75, 3.05) is 13.7 Å². The molecule has 0 bridgehead atoms. The van der Waals surface area contributed by atoms with Gasteiger partial charge in [-0.25, -0.2) is 0 Å². The van der Waals surface area contributed by atoms with Crippen LogP contribution < -0.4 is 10.1 Å². The number of unbranched alkanes of at least 4 members (excludes halogenated alkanes) is 4. The Balaban J connectivity index is 2.13. The fourth-order valence-corrected chi connectivity index (χ4v) is 1.93. The van der Waals surface area contributed by atoms with E-state index in [-0.39, 0.29) is 0 Å². The molecule has 0 saturated heterocycles. The Labute approximate surface area is 105 Å². The van der Waals surface area contributed by atoms with Gasteiger partial charge in [0.15, 0.2) is 0 Å². The van der Waals surface area contributed by atoms with Gasteiger partial charge in [0.25, 0.3) is 0 Å². The Kier molecular flexibility index (Phi) is 7.48. The zero-order chi connectivity index (χ0) is 12.3. The summed E-state index contributed by atoms with van der Waals surface area (Å²) in [5.41, 5.74) is 1.24. The van der Waals surface area contributed by atoms with Crippen molar-refractivity contribution in [1.82, 2.24) is 5.32 Å². The fraction of sp³-hybridized carbons (Fsp3) is 0.600. The lowest BCUT2D eigenvalue weighted by atomic mass is 10.1. The van der Waals surface area contributed by atoms with Crippen molar-refractivity contribution in [2.45, 2.75) is 45.6 Å². The minimum atomic E-state index is 0.901. The lowest BCUT2D eigenvalue weighted by Crippen LogP contribution is -2.15. The van der Waals surface area contributed by atoms with E-state index in [4.69, 9.17) is 4.74 Å². The van der Waals surface area contributed by atoms with Crippen molar-refractivity contribution in [1.29, 1.82) is 0 Å². The van der Waals surface area contributed by atoms with Crippen LogP contribution in [0.15, 0.2) is 24.3 Å². The maximum atomic E-state index is 5.32. The zero-order valence-electron chi connectivity index (χ0n) is 11.2. The normalized spacial score (nSPS) is 10.5. The molecule has 0 unspecified atom stereocenters. The number of nitrogens with one attached hydrogen (secondary N) is 1. The average molecular weight is 235 g/mol. The van der Waals surface area contributed by atoms with Gasteiger partial charge in [-0.05, 0) is 19.0 Å². The minimum Gasteiger partial charge on any atom is -0.496 e. The summed E-state index contributed by atoms with van der Waals surface area (Å²) in [7, 11) is 1.73. The molecule has 0 saturated carbocycles. The molecule has 0 amide bonds. The Morgan fingerprint density at radius 1 is 1.06 bits per heavy atom. The van der Waals surface area contributed by atoms with E-state index in [9.17, 15) is 0 Å². The van der Waals surface area contributed by atoms with Crippen molar-refractivity contribution >= 4 is 0 Å². The fourth-order valence-electron chi connectivity index (χ4n) is 1.93. The maximum Gasteiger partial charge on any atom is 0.123 e. The summed E-state index contributed by atoms with van der Waals surface area (Å²) in [5.74, 6) is 0.978. The molecule has 2 nitrogen and oxygen atoms in total. The zero-order valence-corrected chi connectivity index (χ0v) is 11.2. The van der Waals surface area contributed by atoms with Crippen LogP contribution >= 0.6 is 0 Å². The quantitative estimate of drug-likeness (QED) is 0.658. The van der Waals surface area contributed by atoms with Crippen LogP contribution in [0.25, 0.3) is 0 Å². The van der Waals surface area contributed by atoms with Gasteiger partial charge in [0.2, 0.25) is 0 Å². The van der Waals surface area contributed by atoms with Crippen molar-refractivity contribution in [2.24, 2.45) is 0 Å². The number of para-hydroxylation sites is 1. The molecule has 1 aromatic rings. The van der Waals surface area contributed by atoms with E-state index in [1.807, 2.05) is 12.1 Å². The third kappa shape index (κ3) is 5.73. The summed E-state index contributed by atoms with van der Waals surface area (Å²) < 4.78 is 5.32. The molecule has 1 N–H and O–H groups in total. The summed E-state index contributed by atoms with van der Waals surface area (Å²) in [6.07, 6.45) is 6.66. The molecule has 17 heavy (non-hydrogen) atoms. The van der Waals surface area contributed by atoms with Crippen LogP contribution in [-0.4, -0.2) is 13.7 Å². The van der Waals surface area contributed by atoms with E-state index < -0.39 is 0 Å². The predicted molar refractivity (Wildman–Crippen MR) is 73.5 cm³/mol. The van der Waals surface area contributed by atoms with Gasteiger partial charge in [0.05, 0.1) is 7.11 Å². The van der Waals surface area contributed by atoms with Crippen molar-refractivity contribution < 1.29 is 4.74 Å². The first-order valence-corrected chi connectivity index (χ1v) is 6.71. The third-order valence-electron chi connectivity index (χ3n) is 2.97. The van der Waals surface area contributed by atoms with Gasteiger partial charge in [-0.15, -0.1) is 0 Å². The van der Waals surface area contributed by atoms with Crippen molar-refractivity contribution in [3.8, 4) is 5.75 Å². The molecule has 0 atom stereocenters. The number of methoxy groups -OCH3 is 1. The molecule has 1 rings (SSSR count). The maximum absolute atomic E-state index is 5.32. The first-order chi connectivity index (χ1) is 8.38. The molecule has 0 spiro atoms. The van der Waals surface area contributed by atoms with Gasteiger partial charge in [0, 0.05) is 12.1 Å². The third-order valence-corrected chi connectivity index (χ3v) is 2.97. The van der Waals surface area contributed by atoms with Crippen LogP contribution in [0.1, 0.15) is 44.6 Å². The Bertz CT molecular complexity index is 299. The topological polar surface area (TPSA) is 21.3 Å². The summed E-state index contributed by atoms with van der Waals surface area (Å²) in [5, 5.41) is 3.47. The van der Waals surface area contributed by atoms with Crippen LogP contribution in [0.2, 0.25) is 0 Å². The van der Waals surface area contributed by atoms with E-state index in [2.05, 4.69) is 24.4 Å². The monoisotopic (exact) mass is 235 g/mol. The molecule has 0 fully saturated rings. The molecular weight excluding hydrogens is 210 g/mol. The molecule has 0 radical (unpaired) electrons. The lowest BCUT2D eigenvalue weighted by Gasteiger charge is -2.09. The van der Waals surface area contributed by atoms with E-state index in [1.54, 1.807) is 7.11 Å².